The van der Waals surface area contributed by atoms with Crippen LogP contribution < -0.4 is 5.01 Å². The summed E-state index contributed by atoms with van der Waals surface area (Å²) in [5.41, 5.74) is 7.63. The van der Waals surface area contributed by atoms with Crippen molar-refractivity contribution in [1.29, 1.82) is 0 Å². The number of imidazole rings is 1. The molecule has 1 aliphatic heterocycles. The highest BCUT2D eigenvalue weighted by molar-refractivity contribution is 9.10. The number of fused-ring (bicyclic) bond motifs is 1. The molecule has 0 bridgehead atoms. The van der Waals surface area contributed by atoms with Crippen LogP contribution in [0, 0.1) is 0 Å². The minimum atomic E-state index is 0.132. The Hall–Kier alpha value is -4.03. The zero-order chi connectivity index (χ0) is 25.2. The first-order valence-corrected chi connectivity index (χ1v) is 13.3. The first-order valence-electron chi connectivity index (χ1n) is 12.5. The van der Waals surface area contributed by atoms with Crippen molar-refractivity contribution >= 4 is 50.5 Å². The van der Waals surface area contributed by atoms with E-state index >= 15 is 0 Å². The Morgan fingerprint density at radius 3 is 2.38 bits per heavy atom. The number of hydrogen-bond acceptors (Lipinski definition) is 4. The molecular weight excluding hydrogens is 522 g/mol. The van der Waals surface area contributed by atoms with Crippen LogP contribution in [0.5, 0.6) is 0 Å². The molecule has 0 fully saturated rings. The van der Waals surface area contributed by atoms with Crippen LogP contribution in [0.2, 0.25) is 0 Å². The van der Waals surface area contributed by atoms with Crippen molar-refractivity contribution in [2.24, 2.45) is 10.1 Å². The van der Waals surface area contributed by atoms with Crippen LogP contribution in [0.25, 0.3) is 11.0 Å². The first kappa shape index (κ1) is 23.4. The monoisotopic (exact) mass is 547 g/mol. The highest BCUT2D eigenvalue weighted by Gasteiger charge is 2.29. The normalized spacial score (nSPS) is 15.6. The Morgan fingerprint density at radius 2 is 1.62 bits per heavy atom. The Labute approximate surface area is 224 Å². The topological polar surface area (TPSA) is 45.8 Å². The SMILES string of the molecule is CCn1c(N=Cc2ccc(N3N=C(c4ccccc4)C[C@@H]3c3ccc(Br)cc3)cc2)nc2ccccc21. The molecule has 1 aliphatic rings. The summed E-state index contributed by atoms with van der Waals surface area (Å²) >= 11 is 3.56. The van der Waals surface area contributed by atoms with Crippen molar-refractivity contribution in [2.75, 3.05) is 5.01 Å². The van der Waals surface area contributed by atoms with E-state index in [1.807, 2.05) is 30.5 Å². The molecule has 2 heterocycles. The van der Waals surface area contributed by atoms with E-state index in [0.717, 1.165) is 56.9 Å². The molecule has 0 amide bonds. The van der Waals surface area contributed by atoms with Gasteiger partial charge in [-0.2, -0.15) is 5.10 Å². The lowest BCUT2D eigenvalue weighted by molar-refractivity contribution is 0.709. The number of aliphatic imine (C=N–C) groups is 1. The zero-order valence-corrected chi connectivity index (χ0v) is 22.1. The summed E-state index contributed by atoms with van der Waals surface area (Å²) in [6.45, 7) is 2.93. The lowest BCUT2D eigenvalue weighted by atomic mass is 9.98. The van der Waals surface area contributed by atoms with Gasteiger partial charge in [0.2, 0.25) is 5.95 Å². The number of benzene rings is 4. The summed E-state index contributed by atoms with van der Waals surface area (Å²) < 4.78 is 3.21. The van der Waals surface area contributed by atoms with Gasteiger partial charge < -0.3 is 4.57 Å². The average Bonchev–Trinajstić information content (AvgIpc) is 3.55. The van der Waals surface area contributed by atoms with Crippen LogP contribution >= 0.6 is 15.9 Å². The second kappa shape index (κ2) is 10.1. The maximum Gasteiger partial charge on any atom is 0.230 e. The maximum atomic E-state index is 5.07. The van der Waals surface area contributed by atoms with Crippen LogP contribution in [-0.4, -0.2) is 21.5 Å². The Kier molecular flexibility index (Phi) is 6.41. The van der Waals surface area contributed by atoms with Gasteiger partial charge in [0, 0.05) is 23.7 Å². The van der Waals surface area contributed by atoms with Crippen LogP contribution in [0.3, 0.4) is 0 Å². The van der Waals surface area contributed by atoms with Crippen molar-refractivity contribution in [1.82, 2.24) is 9.55 Å². The second-order valence-electron chi connectivity index (χ2n) is 9.02. The van der Waals surface area contributed by atoms with Gasteiger partial charge in [0.1, 0.15) is 0 Å². The highest BCUT2D eigenvalue weighted by atomic mass is 79.9. The Morgan fingerprint density at radius 1 is 0.892 bits per heavy atom. The van der Waals surface area contributed by atoms with Crippen LogP contribution in [0.4, 0.5) is 11.6 Å². The molecule has 182 valence electrons. The van der Waals surface area contributed by atoms with E-state index in [2.05, 4.69) is 111 Å². The van der Waals surface area contributed by atoms with E-state index in [4.69, 9.17) is 15.1 Å². The van der Waals surface area contributed by atoms with Gasteiger partial charge in [-0.05, 0) is 60.0 Å². The molecule has 37 heavy (non-hydrogen) atoms. The maximum absolute atomic E-state index is 5.07. The molecule has 0 aliphatic carbocycles. The second-order valence-corrected chi connectivity index (χ2v) is 9.94. The van der Waals surface area contributed by atoms with Crippen LogP contribution in [-0.2, 0) is 6.54 Å². The fourth-order valence-corrected chi connectivity index (χ4v) is 5.08. The van der Waals surface area contributed by atoms with Crippen LogP contribution in [0.1, 0.15) is 36.1 Å². The minimum absolute atomic E-state index is 0.132. The number of hydrogen-bond donors (Lipinski definition) is 0. The van der Waals surface area contributed by atoms with Gasteiger partial charge in [-0.3, -0.25) is 5.01 Å². The molecule has 6 rings (SSSR count). The molecule has 0 unspecified atom stereocenters. The van der Waals surface area contributed by atoms with Crippen molar-refractivity contribution in [3.8, 4) is 0 Å². The van der Waals surface area contributed by atoms with E-state index < -0.39 is 0 Å². The molecule has 5 aromatic rings. The van der Waals surface area contributed by atoms with Gasteiger partial charge in [0.15, 0.2) is 0 Å². The van der Waals surface area contributed by atoms with Crippen molar-refractivity contribution in [3.05, 3.63) is 124 Å². The quantitative estimate of drug-likeness (QED) is 0.202. The summed E-state index contributed by atoms with van der Waals surface area (Å²) in [6, 6.07) is 35.7. The molecule has 0 saturated carbocycles. The highest BCUT2D eigenvalue weighted by Crippen LogP contribution is 2.37. The first-order chi connectivity index (χ1) is 18.2. The van der Waals surface area contributed by atoms with E-state index in [-0.39, 0.29) is 6.04 Å². The van der Waals surface area contributed by atoms with E-state index in [1.165, 1.54) is 5.56 Å². The zero-order valence-electron chi connectivity index (χ0n) is 20.5. The van der Waals surface area contributed by atoms with Crippen LogP contribution in [0.15, 0.2) is 118 Å². The number of aromatic nitrogens is 2. The number of rotatable bonds is 6. The number of hydrazone groups is 1. The third-order valence-corrected chi connectivity index (χ3v) is 7.24. The predicted molar refractivity (Wildman–Crippen MR) is 156 cm³/mol. The molecule has 0 radical (unpaired) electrons. The standard InChI is InChI=1S/C31H26BrN5/c1-2-36-29-11-7-6-10-27(29)34-31(36)33-21-22-12-18-26(19-13-22)37-30(24-14-16-25(32)17-15-24)20-28(35-37)23-8-4-3-5-9-23/h3-19,21,30H,2,20H2,1H3/t30-/m1/s1. The van der Waals surface area contributed by atoms with Crippen molar-refractivity contribution < 1.29 is 0 Å². The van der Waals surface area contributed by atoms with Crippen molar-refractivity contribution in [3.63, 3.8) is 0 Å². The molecule has 0 N–H and O–H groups in total. The lowest BCUT2D eigenvalue weighted by Crippen LogP contribution is -2.18. The van der Waals surface area contributed by atoms with Gasteiger partial charge in [0.05, 0.1) is 28.5 Å². The lowest BCUT2D eigenvalue weighted by Gasteiger charge is -2.24. The third-order valence-electron chi connectivity index (χ3n) is 6.71. The summed E-state index contributed by atoms with van der Waals surface area (Å²) in [7, 11) is 0. The Bertz CT molecular complexity index is 1590. The number of nitrogens with zero attached hydrogens (tertiary/aromatic N) is 5. The van der Waals surface area contributed by atoms with Crippen molar-refractivity contribution in [2.45, 2.75) is 25.9 Å². The van der Waals surface area contributed by atoms with Gasteiger partial charge in [-0.1, -0.05) is 82.7 Å². The number of halogens is 1. The van der Waals surface area contributed by atoms with Gasteiger partial charge in [-0.25, -0.2) is 9.98 Å². The van der Waals surface area contributed by atoms with E-state index in [9.17, 15) is 0 Å². The van der Waals surface area contributed by atoms with Gasteiger partial charge in [0.25, 0.3) is 0 Å². The fourth-order valence-electron chi connectivity index (χ4n) is 4.82. The summed E-state index contributed by atoms with van der Waals surface area (Å²) in [6.07, 6.45) is 2.73. The number of para-hydroxylation sites is 2. The predicted octanol–water partition coefficient (Wildman–Crippen LogP) is 7.93. The fraction of sp³-hybridized carbons (Fsp3) is 0.129. The van der Waals surface area contributed by atoms with E-state index in [1.54, 1.807) is 0 Å². The molecule has 1 aromatic heterocycles. The molecule has 4 aromatic carbocycles. The number of aryl methyl sites for hydroxylation is 1. The minimum Gasteiger partial charge on any atom is -0.309 e. The summed E-state index contributed by atoms with van der Waals surface area (Å²) in [5, 5.41) is 7.21. The molecule has 6 heteroatoms. The molecular formula is C31H26BrN5. The van der Waals surface area contributed by atoms with E-state index in [0.29, 0.717) is 0 Å². The summed E-state index contributed by atoms with van der Waals surface area (Å²) in [5.74, 6) is 0.722. The average molecular weight is 548 g/mol. The number of anilines is 1. The largest absolute Gasteiger partial charge is 0.309 e. The molecule has 0 saturated heterocycles. The molecule has 5 nitrogen and oxygen atoms in total. The summed E-state index contributed by atoms with van der Waals surface area (Å²) in [4.78, 5) is 9.42. The smallest absolute Gasteiger partial charge is 0.230 e. The molecule has 1 atom stereocenters. The van der Waals surface area contributed by atoms with Gasteiger partial charge in [-0.15, -0.1) is 0 Å². The Balaban J connectivity index is 1.29. The molecule has 0 spiro atoms. The third kappa shape index (κ3) is 4.72. The van der Waals surface area contributed by atoms with Gasteiger partial charge >= 0.3 is 0 Å².